The van der Waals surface area contributed by atoms with Crippen molar-refractivity contribution < 1.29 is 36.2 Å². The number of nitrogens with zero attached hydrogens (tertiary/aromatic N) is 6. The van der Waals surface area contributed by atoms with E-state index in [1.165, 1.54) is 16.7 Å². The molecule has 1 N–H and O–H groups in total. The molecule has 15 heteroatoms. The molecule has 0 atom stereocenters. The number of methoxy groups -OCH3 is 1. The highest BCUT2D eigenvalue weighted by Crippen LogP contribution is 2.38. The van der Waals surface area contributed by atoms with Gasteiger partial charge in [0.25, 0.3) is 5.95 Å². The van der Waals surface area contributed by atoms with Crippen molar-refractivity contribution in [2.45, 2.75) is 65.0 Å². The summed E-state index contributed by atoms with van der Waals surface area (Å²) >= 11 is 0. The molecule has 0 spiro atoms. The van der Waals surface area contributed by atoms with Crippen LogP contribution in [0.4, 0.5) is 38.0 Å². The molecule has 3 aromatic rings. The van der Waals surface area contributed by atoms with Crippen molar-refractivity contribution in [3.63, 3.8) is 0 Å². The second kappa shape index (κ2) is 14.9. The van der Waals surface area contributed by atoms with E-state index in [1.807, 2.05) is 26.0 Å². The van der Waals surface area contributed by atoms with E-state index >= 15 is 0 Å². The summed E-state index contributed by atoms with van der Waals surface area (Å²) in [4.78, 5) is 4.92. The molecule has 2 aromatic carbocycles. The third kappa shape index (κ3) is 9.15. The summed E-state index contributed by atoms with van der Waals surface area (Å²) in [7, 11) is 3.09. The number of aryl methyl sites for hydroxylation is 2. The Morgan fingerprint density at radius 3 is 2.00 bits per heavy atom. The summed E-state index contributed by atoms with van der Waals surface area (Å²) in [5.74, 6) is 1.44. The van der Waals surface area contributed by atoms with E-state index in [9.17, 15) is 31.4 Å². The highest BCUT2D eigenvalue weighted by atomic mass is 35.5. The topological polar surface area (TPSA) is 79.5 Å². The number of ether oxygens (including phenoxy) is 1. The van der Waals surface area contributed by atoms with E-state index in [1.54, 1.807) is 7.11 Å². The molecule has 45 heavy (non-hydrogen) atoms. The fourth-order valence-electron chi connectivity index (χ4n) is 5.82. The maximum Gasteiger partial charge on any atom is 0.416 e. The van der Waals surface area contributed by atoms with Gasteiger partial charge in [-0.3, -0.25) is 0 Å². The van der Waals surface area contributed by atoms with Crippen LogP contribution in [0.15, 0.2) is 30.3 Å². The van der Waals surface area contributed by atoms with Crippen molar-refractivity contribution in [1.29, 1.82) is 0 Å². The lowest BCUT2D eigenvalue weighted by Crippen LogP contribution is -2.33. The number of hydrogen-bond acceptors (Lipinski definition) is 7. The molecule has 0 radical (unpaired) electrons. The van der Waals surface area contributed by atoms with Crippen molar-refractivity contribution in [2.24, 2.45) is 18.9 Å². The lowest BCUT2D eigenvalue weighted by Gasteiger charge is -2.35. The monoisotopic (exact) mass is 664 g/mol. The molecule has 0 aliphatic heterocycles. The van der Waals surface area contributed by atoms with Crippen LogP contribution in [0.2, 0.25) is 0 Å². The average molecular weight is 665 g/mol. The van der Waals surface area contributed by atoms with Crippen LogP contribution < -0.4 is 14.5 Å². The summed E-state index contributed by atoms with van der Waals surface area (Å²) in [5, 5.41) is 21.6. The number of aromatic nitrogens is 4. The molecule has 1 saturated carbocycles. The molecule has 1 heterocycles. The SMILES string of the molecule is CCN(CC1CCC(CO)CC1)c1cc(OC)c(C)cc1CN(Cc1cc(C(F)(F)F)cc(C(F)(F)F)c1)c1nnn(C)n1.Cl. The Balaban J connectivity index is 0.00000552. The Morgan fingerprint density at radius 1 is 0.911 bits per heavy atom. The predicted octanol–water partition coefficient (Wildman–Crippen LogP) is 6.82. The van der Waals surface area contributed by atoms with E-state index < -0.39 is 23.5 Å². The van der Waals surface area contributed by atoms with E-state index in [2.05, 4.69) is 20.3 Å². The van der Waals surface area contributed by atoms with Crippen LogP contribution >= 0.6 is 12.4 Å². The van der Waals surface area contributed by atoms with Gasteiger partial charge in [0.1, 0.15) is 5.75 Å². The van der Waals surface area contributed by atoms with Crippen molar-refractivity contribution >= 4 is 24.0 Å². The molecule has 0 saturated heterocycles. The predicted molar refractivity (Wildman–Crippen MR) is 161 cm³/mol. The van der Waals surface area contributed by atoms with Crippen molar-refractivity contribution in [2.75, 3.05) is 36.6 Å². The molecule has 250 valence electrons. The van der Waals surface area contributed by atoms with Crippen LogP contribution in [-0.4, -0.2) is 52.1 Å². The first-order chi connectivity index (χ1) is 20.7. The smallest absolute Gasteiger partial charge is 0.416 e. The van der Waals surface area contributed by atoms with Crippen molar-refractivity contribution in [1.82, 2.24) is 20.2 Å². The van der Waals surface area contributed by atoms with Crippen molar-refractivity contribution in [3.05, 3.63) is 58.1 Å². The van der Waals surface area contributed by atoms with Crippen LogP contribution in [0.1, 0.15) is 60.4 Å². The zero-order chi connectivity index (χ0) is 32.2. The number of halogens is 7. The van der Waals surface area contributed by atoms with Crippen LogP contribution in [0.25, 0.3) is 0 Å². The Labute approximate surface area is 264 Å². The fourth-order valence-corrected chi connectivity index (χ4v) is 5.82. The summed E-state index contributed by atoms with van der Waals surface area (Å²) < 4.78 is 87.4. The fraction of sp³-hybridized carbons (Fsp3) is 0.567. The average Bonchev–Trinajstić information content (AvgIpc) is 3.41. The van der Waals surface area contributed by atoms with Gasteiger partial charge in [-0.15, -0.1) is 17.5 Å². The molecule has 8 nitrogen and oxygen atoms in total. The number of aliphatic hydroxyl groups is 1. The van der Waals surface area contributed by atoms with Gasteiger partial charge in [-0.05, 0) is 97.5 Å². The number of hydrogen-bond donors (Lipinski definition) is 1. The van der Waals surface area contributed by atoms with Gasteiger partial charge in [0, 0.05) is 44.5 Å². The van der Waals surface area contributed by atoms with E-state index in [0.29, 0.717) is 24.1 Å². The number of aliphatic hydroxyl groups excluding tert-OH is 1. The zero-order valence-electron chi connectivity index (χ0n) is 25.6. The first kappa shape index (κ1) is 36.2. The maximum atomic E-state index is 13.6. The number of rotatable bonds is 11. The minimum atomic E-state index is -4.97. The van der Waals surface area contributed by atoms with Crippen LogP contribution in [0.3, 0.4) is 0 Å². The lowest BCUT2D eigenvalue weighted by atomic mass is 9.82. The first-order valence-electron chi connectivity index (χ1n) is 14.5. The number of alkyl halides is 6. The molecular weight excluding hydrogens is 626 g/mol. The van der Waals surface area contributed by atoms with Gasteiger partial charge in [0.2, 0.25) is 0 Å². The van der Waals surface area contributed by atoms with Crippen molar-refractivity contribution in [3.8, 4) is 5.75 Å². The molecule has 1 fully saturated rings. The lowest BCUT2D eigenvalue weighted by molar-refractivity contribution is -0.143. The molecule has 1 aromatic heterocycles. The normalized spacial score (nSPS) is 17.1. The molecule has 1 aliphatic rings. The van der Waals surface area contributed by atoms with Crippen LogP contribution in [-0.2, 0) is 32.5 Å². The Morgan fingerprint density at radius 2 is 1.51 bits per heavy atom. The quantitative estimate of drug-likeness (QED) is 0.226. The Kier molecular flexibility index (Phi) is 12.0. The van der Waals surface area contributed by atoms with Gasteiger partial charge in [0.05, 0.1) is 25.3 Å². The van der Waals surface area contributed by atoms with Crippen LogP contribution in [0, 0.1) is 18.8 Å². The van der Waals surface area contributed by atoms with E-state index in [4.69, 9.17) is 4.74 Å². The van der Waals surface area contributed by atoms with Crippen LogP contribution in [0.5, 0.6) is 5.75 Å². The second-order valence-electron chi connectivity index (χ2n) is 11.4. The molecule has 1 aliphatic carbocycles. The largest absolute Gasteiger partial charge is 0.496 e. The zero-order valence-corrected chi connectivity index (χ0v) is 26.4. The van der Waals surface area contributed by atoms with E-state index in [-0.39, 0.29) is 49.7 Å². The third-order valence-electron chi connectivity index (χ3n) is 8.18. The molecule has 0 bridgehead atoms. The molecular formula is C30H39ClF6N6O2. The molecule has 0 amide bonds. The van der Waals surface area contributed by atoms with E-state index in [0.717, 1.165) is 61.2 Å². The summed E-state index contributed by atoms with van der Waals surface area (Å²) in [6, 6.07) is 5.39. The van der Waals surface area contributed by atoms with Gasteiger partial charge in [0.15, 0.2) is 0 Å². The van der Waals surface area contributed by atoms with Gasteiger partial charge >= 0.3 is 12.4 Å². The standard InChI is InChI=1S/C30H38F6N6O2.ClH/c1-5-41(15-20-6-8-21(18-43)9-7-20)26-14-27(44-4)19(2)10-23(26)17-42(28-37-39-40(3)38-28)16-22-11-24(29(31,32)33)13-25(12-22)30(34,35)36;/h10-14,20-21,43H,5-9,15-18H2,1-4H3;1H. The maximum absolute atomic E-state index is 13.6. The Bertz CT molecular complexity index is 1380. The van der Waals surface area contributed by atoms with Gasteiger partial charge < -0.3 is 19.6 Å². The highest BCUT2D eigenvalue weighted by Gasteiger charge is 2.37. The number of tetrazole rings is 1. The van der Waals surface area contributed by atoms with Gasteiger partial charge in [-0.1, -0.05) is 5.10 Å². The third-order valence-corrected chi connectivity index (χ3v) is 8.18. The summed E-state index contributed by atoms with van der Waals surface area (Å²) in [5.41, 5.74) is -0.527. The Hall–Kier alpha value is -3.26. The van der Waals surface area contributed by atoms with Gasteiger partial charge in [-0.25, -0.2) is 0 Å². The number of anilines is 2. The van der Waals surface area contributed by atoms with Gasteiger partial charge in [-0.2, -0.15) is 31.1 Å². The second-order valence-corrected chi connectivity index (χ2v) is 11.4. The minimum Gasteiger partial charge on any atom is -0.496 e. The number of benzene rings is 2. The minimum absolute atomic E-state index is 0. The first-order valence-corrected chi connectivity index (χ1v) is 14.5. The molecule has 0 unspecified atom stereocenters. The summed E-state index contributed by atoms with van der Waals surface area (Å²) in [6.45, 7) is 5.24. The molecule has 4 rings (SSSR count). The highest BCUT2D eigenvalue weighted by molar-refractivity contribution is 5.85. The summed E-state index contributed by atoms with van der Waals surface area (Å²) in [6.07, 6.45) is -6.08.